The van der Waals surface area contributed by atoms with Gasteiger partial charge < -0.3 is 4.74 Å². The van der Waals surface area contributed by atoms with E-state index in [4.69, 9.17) is 27.0 Å². The molecule has 0 aliphatic heterocycles. The zero-order valence-electron chi connectivity index (χ0n) is 9.95. The van der Waals surface area contributed by atoms with E-state index in [1.165, 1.54) is 0 Å². The first kappa shape index (κ1) is 16.2. The molecule has 0 N–H and O–H groups in total. The van der Waals surface area contributed by atoms with Crippen LogP contribution < -0.4 is 0 Å². The van der Waals surface area contributed by atoms with Crippen LogP contribution in [0.15, 0.2) is 17.0 Å². The molecule has 1 rings (SSSR count). The standard InChI is InChI=1S/C11H11Cl2FO4S/c1-2-3-4-18-11(15)7-5-10(19(13,16)17)9(14)6-8(7)12/h5-6H,2-4H2,1H3. The van der Waals surface area contributed by atoms with Crippen LogP contribution in [0.4, 0.5) is 4.39 Å². The minimum absolute atomic E-state index is 0.173. The summed E-state index contributed by atoms with van der Waals surface area (Å²) < 4.78 is 40.5. The second-order valence-corrected chi connectivity index (χ2v) is 6.63. The summed E-state index contributed by atoms with van der Waals surface area (Å²) >= 11 is 5.68. The van der Waals surface area contributed by atoms with E-state index in [1.54, 1.807) is 0 Å². The highest BCUT2D eigenvalue weighted by molar-refractivity contribution is 8.13. The predicted octanol–water partition coefficient (Wildman–Crippen LogP) is 3.36. The Kier molecular flexibility index (Phi) is 5.58. The fourth-order valence-corrected chi connectivity index (χ4v) is 2.39. The number of unbranched alkanes of at least 4 members (excludes halogenated alkanes) is 1. The van der Waals surface area contributed by atoms with Crippen molar-refractivity contribution in [2.24, 2.45) is 0 Å². The number of hydrogen-bond donors (Lipinski definition) is 0. The highest BCUT2D eigenvalue weighted by Crippen LogP contribution is 2.26. The molecular weight excluding hydrogens is 318 g/mol. The maximum absolute atomic E-state index is 13.4. The lowest BCUT2D eigenvalue weighted by molar-refractivity contribution is 0.0499. The molecule has 0 aliphatic rings. The van der Waals surface area contributed by atoms with Gasteiger partial charge in [-0.1, -0.05) is 24.9 Å². The quantitative estimate of drug-likeness (QED) is 0.472. The van der Waals surface area contributed by atoms with Crippen molar-refractivity contribution < 1.29 is 22.3 Å². The number of halogens is 3. The van der Waals surface area contributed by atoms with Crippen LogP contribution in [0.2, 0.25) is 5.02 Å². The molecule has 0 saturated heterocycles. The summed E-state index contributed by atoms with van der Waals surface area (Å²) in [6, 6.07) is 1.49. The first-order chi connectivity index (χ1) is 8.77. The molecule has 106 valence electrons. The first-order valence-corrected chi connectivity index (χ1v) is 8.07. The van der Waals surface area contributed by atoms with Gasteiger partial charge in [-0.2, -0.15) is 0 Å². The third kappa shape index (κ3) is 4.33. The van der Waals surface area contributed by atoms with Crippen molar-refractivity contribution in [3.05, 3.63) is 28.5 Å². The Morgan fingerprint density at radius 1 is 1.42 bits per heavy atom. The van der Waals surface area contributed by atoms with Crippen LogP contribution in [0.5, 0.6) is 0 Å². The molecule has 0 amide bonds. The molecule has 0 radical (unpaired) electrons. The van der Waals surface area contributed by atoms with Crippen LogP contribution in [-0.2, 0) is 13.8 Å². The molecule has 0 aromatic heterocycles. The minimum atomic E-state index is -4.30. The molecule has 4 nitrogen and oxygen atoms in total. The zero-order chi connectivity index (χ0) is 14.6. The smallest absolute Gasteiger partial charge is 0.339 e. The lowest BCUT2D eigenvalue weighted by atomic mass is 10.2. The van der Waals surface area contributed by atoms with E-state index in [0.717, 1.165) is 12.5 Å². The highest BCUT2D eigenvalue weighted by atomic mass is 35.7. The topological polar surface area (TPSA) is 60.4 Å². The van der Waals surface area contributed by atoms with Crippen LogP contribution in [-0.4, -0.2) is 21.0 Å². The summed E-state index contributed by atoms with van der Waals surface area (Å²) in [7, 11) is 0.756. The Balaban J connectivity index is 3.11. The number of carbonyl (C=O) groups excluding carboxylic acids is 1. The van der Waals surface area contributed by atoms with Crippen LogP contribution in [0.25, 0.3) is 0 Å². The van der Waals surface area contributed by atoms with Gasteiger partial charge in [0.05, 0.1) is 17.2 Å². The van der Waals surface area contributed by atoms with Crippen LogP contribution in [0.1, 0.15) is 30.1 Å². The van der Waals surface area contributed by atoms with Gasteiger partial charge in [-0.3, -0.25) is 0 Å². The second kappa shape index (κ2) is 6.54. The average molecular weight is 329 g/mol. The zero-order valence-corrected chi connectivity index (χ0v) is 12.3. The van der Waals surface area contributed by atoms with Gasteiger partial charge in [0.15, 0.2) is 0 Å². The first-order valence-electron chi connectivity index (χ1n) is 5.38. The molecule has 1 aromatic carbocycles. The van der Waals surface area contributed by atoms with E-state index < -0.39 is 25.7 Å². The van der Waals surface area contributed by atoms with E-state index in [0.29, 0.717) is 12.5 Å². The van der Waals surface area contributed by atoms with Gasteiger partial charge in [0, 0.05) is 10.7 Å². The van der Waals surface area contributed by atoms with Crippen molar-refractivity contribution in [3.8, 4) is 0 Å². The molecule has 19 heavy (non-hydrogen) atoms. The molecule has 0 saturated carbocycles. The van der Waals surface area contributed by atoms with Gasteiger partial charge in [-0.05, 0) is 18.6 Å². The number of benzene rings is 1. The SMILES string of the molecule is CCCCOC(=O)c1cc(S(=O)(=O)Cl)c(F)cc1Cl. The minimum Gasteiger partial charge on any atom is -0.462 e. The van der Waals surface area contributed by atoms with Crippen molar-refractivity contribution in [1.82, 2.24) is 0 Å². The van der Waals surface area contributed by atoms with Crippen LogP contribution >= 0.6 is 22.3 Å². The van der Waals surface area contributed by atoms with Crippen molar-refractivity contribution in [3.63, 3.8) is 0 Å². The van der Waals surface area contributed by atoms with Gasteiger partial charge >= 0.3 is 5.97 Å². The van der Waals surface area contributed by atoms with E-state index in [1.807, 2.05) is 6.92 Å². The van der Waals surface area contributed by atoms with Gasteiger partial charge in [0.25, 0.3) is 9.05 Å². The lowest BCUT2D eigenvalue weighted by Crippen LogP contribution is -2.09. The fraction of sp³-hybridized carbons (Fsp3) is 0.364. The summed E-state index contributed by atoms with van der Waals surface area (Å²) in [6.45, 7) is 2.09. The van der Waals surface area contributed by atoms with Crippen LogP contribution in [0, 0.1) is 5.82 Å². The average Bonchev–Trinajstić information content (AvgIpc) is 2.27. The van der Waals surface area contributed by atoms with E-state index in [9.17, 15) is 17.6 Å². The molecule has 0 heterocycles. The summed E-state index contributed by atoms with van der Waals surface area (Å²) in [5.41, 5.74) is -0.238. The maximum Gasteiger partial charge on any atom is 0.339 e. The third-order valence-corrected chi connectivity index (χ3v) is 3.88. The van der Waals surface area contributed by atoms with Crippen molar-refractivity contribution >= 4 is 37.3 Å². The highest BCUT2D eigenvalue weighted by Gasteiger charge is 2.22. The maximum atomic E-state index is 13.4. The second-order valence-electron chi connectivity index (χ2n) is 3.69. The fourth-order valence-electron chi connectivity index (χ4n) is 1.26. The molecule has 0 atom stereocenters. The van der Waals surface area contributed by atoms with Gasteiger partial charge in [-0.25, -0.2) is 17.6 Å². The molecule has 0 aliphatic carbocycles. The Labute approximate surface area is 119 Å². The van der Waals surface area contributed by atoms with E-state index in [-0.39, 0.29) is 17.2 Å². The Morgan fingerprint density at radius 3 is 2.58 bits per heavy atom. The van der Waals surface area contributed by atoms with Crippen molar-refractivity contribution in [1.29, 1.82) is 0 Å². The van der Waals surface area contributed by atoms with Gasteiger partial charge in [0.2, 0.25) is 0 Å². The predicted molar refractivity (Wildman–Crippen MR) is 69.6 cm³/mol. The summed E-state index contributed by atoms with van der Waals surface area (Å²) in [4.78, 5) is 10.9. The lowest BCUT2D eigenvalue weighted by Gasteiger charge is -2.07. The number of hydrogen-bond acceptors (Lipinski definition) is 4. The normalized spacial score (nSPS) is 11.4. The molecule has 0 spiro atoms. The largest absolute Gasteiger partial charge is 0.462 e. The summed E-state index contributed by atoms with van der Waals surface area (Å²) in [5, 5.41) is -0.233. The number of rotatable bonds is 5. The Morgan fingerprint density at radius 2 is 2.05 bits per heavy atom. The number of esters is 1. The molecule has 8 heteroatoms. The summed E-state index contributed by atoms with van der Waals surface area (Å²) in [6.07, 6.45) is 1.48. The third-order valence-electron chi connectivity index (χ3n) is 2.24. The van der Waals surface area contributed by atoms with Gasteiger partial charge in [0.1, 0.15) is 10.7 Å². The van der Waals surface area contributed by atoms with E-state index in [2.05, 4.69) is 0 Å². The number of ether oxygens (including phenoxy) is 1. The molecule has 0 unspecified atom stereocenters. The summed E-state index contributed by atoms with van der Waals surface area (Å²) in [5.74, 6) is -1.94. The Bertz CT molecular complexity index is 587. The van der Waals surface area contributed by atoms with Gasteiger partial charge in [-0.15, -0.1) is 0 Å². The monoisotopic (exact) mass is 328 g/mol. The molecular formula is C11H11Cl2FO4S. The molecule has 0 bridgehead atoms. The van der Waals surface area contributed by atoms with Crippen molar-refractivity contribution in [2.75, 3.05) is 6.61 Å². The molecule has 0 fully saturated rings. The molecule has 1 aromatic rings. The van der Waals surface area contributed by atoms with Crippen LogP contribution in [0.3, 0.4) is 0 Å². The van der Waals surface area contributed by atoms with Crippen molar-refractivity contribution in [2.45, 2.75) is 24.7 Å². The number of carbonyl (C=O) groups is 1. The Hall–Kier alpha value is -0.850. The van der Waals surface area contributed by atoms with E-state index >= 15 is 0 Å².